The predicted molar refractivity (Wildman–Crippen MR) is 71.0 cm³/mol. The summed E-state index contributed by atoms with van der Waals surface area (Å²) in [6.07, 6.45) is 8.45. The second-order valence-corrected chi connectivity index (χ2v) is 5.71. The van der Waals surface area contributed by atoms with E-state index < -0.39 is 0 Å². The summed E-state index contributed by atoms with van der Waals surface area (Å²) < 4.78 is 5.85. The van der Waals surface area contributed by atoms with Crippen molar-refractivity contribution >= 4 is 0 Å². The van der Waals surface area contributed by atoms with Gasteiger partial charge in [-0.25, -0.2) is 0 Å². The lowest BCUT2D eigenvalue weighted by Gasteiger charge is -2.36. The van der Waals surface area contributed by atoms with Crippen molar-refractivity contribution in [2.75, 3.05) is 26.2 Å². The second-order valence-electron chi connectivity index (χ2n) is 5.71. The molecule has 1 saturated heterocycles. The molecule has 0 aromatic heterocycles. The molecule has 2 fully saturated rings. The molecule has 1 aliphatic carbocycles. The van der Waals surface area contributed by atoms with Crippen molar-refractivity contribution in [1.82, 2.24) is 4.90 Å². The van der Waals surface area contributed by atoms with Gasteiger partial charge in [-0.2, -0.15) is 0 Å². The second kappa shape index (κ2) is 6.72. The van der Waals surface area contributed by atoms with Crippen LogP contribution in [0.5, 0.6) is 0 Å². The van der Waals surface area contributed by atoms with Gasteiger partial charge in [-0.3, -0.25) is 4.90 Å². The van der Waals surface area contributed by atoms with Crippen LogP contribution in [0.4, 0.5) is 0 Å². The molecule has 1 saturated carbocycles. The molecule has 0 bridgehead atoms. The Morgan fingerprint density at radius 3 is 2.76 bits per heavy atom. The maximum atomic E-state index is 6.34. The van der Waals surface area contributed by atoms with E-state index in [0.717, 1.165) is 32.2 Å². The van der Waals surface area contributed by atoms with Crippen molar-refractivity contribution in [2.45, 2.75) is 57.6 Å². The smallest absolute Gasteiger partial charge is 0.0853 e. The van der Waals surface area contributed by atoms with E-state index in [2.05, 4.69) is 11.8 Å². The molecule has 0 amide bonds. The average molecular weight is 240 g/mol. The van der Waals surface area contributed by atoms with E-state index in [0.29, 0.717) is 0 Å². The Hall–Kier alpha value is -0.120. The third kappa shape index (κ3) is 3.94. The Bertz CT molecular complexity index is 216. The molecule has 2 atom stereocenters. The fourth-order valence-electron chi connectivity index (χ4n) is 3.24. The number of likely N-dealkylation sites (N-methyl/N-ethyl adjacent to an activating group) is 1. The number of hydrogen-bond acceptors (Lipinski definition) is 3. The normalized spacial score (nSPS) is 30.4. The monoisotopic (exact) mass is 240 g/mol. The summed E-state index contributed by atoms with van der Waals surface area (Å²) in [5.41, 5.74) is 6.34. The minimum absolute atomic E-state index is 0.243. The molecule has 2 N–H and O–H groups in total. The van der Waals surface area contributed by atoms with Crippen LogP contribution >= 0.6 is 0 Å². The van der Waals surface area contributed by atoms with Crippen LogP contribution in [0.2, 0.25) is 0 Å². The number of hydrogen-bond donors (Lipinski definition) is 1. The summed E-state index contributed by atoms with van der Waals surface area (Å²) in [5, 5.41) is 0. The van der Waals surface area contributed by atoms with Crippen LogP contribution in [0.1, 0.15) is 45.4 Å². The van der Waals surface area contributed by atoms with Gasteiger partial charge in [-0.15, -0.1) is 0 Å². The van der Waals surface area contributed by atoms with Crippen LogP contribution in [-0.2, 0) is 4.74 Å². The Morgan fingerprint density at radius 2 is 2.06 bits per heavy atom. The molecule has 2 aliphatic rings. The first-order valence-corrected chi connectivity index (χ1v) is 7.39. The quantitative estimate of drug-likeness (QED) is 0.817. The molecule has 3 nitrogen and oxygen atoms in total. The van der Waals surface area contributed by atoms with Gasteiger partial charge in [0.05, 0.1) is 12.7 Å². The van der Waals surface area contributed by atoms with Crippen molar-refractivity contribution in [3.63, 3.8) is 0 Å². The van der Waals surface area contributed by atoms with Crippen molar-refractivity contribution in [3.8, 4) is 0 Å². The highest BCUT2D eigenvalue weighted by molar-refractivity contribution is 4.83. The van der Waals surface area contributed by atoms with Gasteiger partial charge in [0.15, 0.2) is 0 Å². The standard InChI is InChI=1S/C14H28N2O/c1-2-16-8-9-17-14(11-16)13(15)10-12-6-4-3-5-7-12/h12-14H,2-11,15H2,1H3. The zero-order valence-corrected chi connectivity index (χ0v) is 11.2. The summed E-state index contributed by atoms with van der Waals surface area (Å²) in [7, 11) is 0. The fraction of sp³-hybridized carbons (Fsp3) is 1.00. The van der Waals surface area contributed by atoms with E-state index in [1.54, 1.807) is 0 Å². The zero-order valence-electron chi connectivity index (χ0n) is 11.2. The van der Waals surface area contributed by atoms with Crippen LogP contribution < -0.4 is 5.73 Å². The van der Waals surface area contributed by atoms with E-state index >= 15 is 0 Å². The third-order valence-corrected chi connectivity index (χ3v) is 4.43. The van der Waals surface area contributed by atoms with Gasteiger partial charge in [0.25, 0.3) is 0 Å². The van der Waals surface area contributed by atoms with E-state index in [1.165, 1.54) is 38.5 Å². The van der Waals surface area contributed by atoms with Gasteiger partial charge >= 0.3 is 0 Å². The Kier molecular flexibility index (Phi) is 5.26. The van der Waals surface area contributed by atoms with E-state index in [1.807, 2.05) is 0 Å². The summed E-state index contributed by atoms with van der Waals surface area (Å²) in [4.78, 5) is 2.45. The average Bonchev–Trinajstić information content (AvgIpc) is 2.40. The Balaban J connectivity index is 1.75. The first-order valence-electron chi connectivity index (χ1n) is 7.39. The highest BCUT2D eigenvalue weighted by Crippen LogP contribution is 2.28. The van der Waals surface area contributed by atoms with Gasteiger partial charge < -0.3 is 10.5 Å². The van der Waals surface area contributed by atoms with Crippen LogP contribution in [0, 0.1) is 5.92 Å². The molecule has 2 unspecified atom stereocenters. The number of ether oxygens (including phenoxy) is 1. The van der Waals surface area contributed by atoms with Crippen LogP contribution in [-0.4, -0.2) is 43.3 Å². The first kappa shape index (κ1) is 13.3. The highest BCUT2D eigenvalue weighted by atomic mass is 16.5. The van der Waals surface area contributed by atoms with E-state index in [4.69, 9.17) is 10.5 Å². The predicted octanol–water partition coefficient (Wildman–Crippen LogP) is 2.00. The maximum Gasteiger partial charge on any atom is 0.0853 e. The first-order chi connectivity index (χ1) is 8.29. The molecule has 2 rings (SSSR count). The van der Waals surface area contributed by atoms with Crippen molar-refractivity contribution in [1.29, 1.82) is 0 Å². The summed E-state index contributed by atoms with van der Waals surface area (Å²) >= 11 is 0. The van der Waals surface area contributed by atoms with E-state index in [-0.39, 0.29) is 12.1 Å². The zero-order chi connectivity index (χ0) is 12.1. The molecule has 17 heavy (non-hydrogen) atoms. The molecule has 0 aromatic carbocycles. The minimum Gasteiger partial charge on any atom is -0.374 e. The maximum absolute atomic E-state index is 6.34. The molecular formula is C14H28N2O. The number of rotatable bonds is 4. The van der Waals surface area contributed by atoms with Crippen molar-refractivity contribution in [3.05, 3.63) is 0 Å². The molecule has 0 spiro atoms. The van der Waals surface area contributed by atoms with Crippen LogP contribution in [0.15, 0.2) is 0 Å². The van der Waals surface area contributed by atoms with Gasteiger partial charge in [0.2, 0.25) is 0 Å². The van der Waals surface area contributed by atoms with Crippen LogP contribution in [0.3, 0.4) is 0 Å². The Labute approximate surface area is 106 Å². The summed E-state index contributed by atoms with van der Waals surface area (Å²) in [5.74, 6) is 0.861. The number of nitrogens with two attached hydrogens (primary N) is 1. The molecular weight excluding hydrogens is 212 g/mol. The minimum atomic E-state index is 0.243. The summed E-state index contributed by atoms with van der Waals surface area (Å²) in [6, 6.07) is 0.243. The molecule has 0 radical (unpaired) electrons. The van der Waals surface area contributed by atoms with Gasteiger partial charge in [-0.05, 0) is 18.9 Å². The lowest BCUT2D eigenvalue weighted by atomic mass is 9.84. The van der Waals surface area contributed by atoms with Crippen molar-refractivity contribution < 1.29 is 4.74 Å². The third-order valence-electron chi connectivity index (χ3n) is 4.43. The van der Waals surface area contributed by atoms with Gasteiger partial charge in [0.1, 0.15) is 0 Å². The highest BCUT2D eigenvalue weighted by Gasteiger charge is 2.27. The van der Waals surface area contributed by atoms with Gasteiger partial charge in [-0.1, -0.05) is 39.0 Å². The molecule has 100 valence electrons. The Morgan fingerprint density at radius 1 is 1.29 bits per heavy atom. The number of morpholine rings is 1. The van der Waals surface area contributed by atoms with E-state index in [9.17, 15) is 0 Å². The lowest BCUT2D eigenvalue weighted by Crippen LogP contribution is -2.51. The molecule has 1 heterocycles. The van der Waals surface area contributed by atoms with Crippen molar-refractivity contribution in [2.24, 2.45) is 11.7 Å². The fourth-order valence-corrected chi connectivity index (χ4v) is 3.24. The number of nitrogens with zero attached hydrogens (tertiary/aromatic N) is 1. The molecule has 3 heteroatoms. The SMILES string of the molecule is CCN1CCOC(C(N)CC2CCCCC2)C1. The van der Waals surface area contributed by atoms with Gasteiger partial charge in [0, 0.05) is 19.1 Å². The van der Waals surface area contributed by atoms with Crippen LogP contribution in [0.25, 0.3) is 0 Å². The largest absolute Gasteiger partial charge is 0.374 e. The topological polar surface area (TPSA) is 38.5 Å². The molecule has 1 aliphatic heterocycles. The summed E-state index contributed by atoms with van der Waals surface area (Å²) in [6.45, 7) is 6.30. The molecule has 0 aromatic rings. The lowest BCUT2D eigenvalue weighted by molar-refractivity contribution is -0.0426.